The maximum Gasteiger partial charge on any atom is 0.246 e. The number of halogens is 2. The van der Waals surface area contributed by atoms with Gasteiger partial charge in [0.1, 0.15) is 10.7 Å². The van der Waals surface area contributed by atoms with Gasteiger partial charge in [-0.2, -0.15) is 9.40 Å². The number of benzene rings is 1. The number of nitrogens with zero attached hydrogens (tertiary/aromatic N) is 3. The molecule has 0 spiro atoms. The molecular formula is C11H13Cl2N5O2S. The van der Waals surface area contributed by atoms with Gasteiger partial charge < -0.3 is 5.73 Å². The smallest absolute Gasteiger partial charge is 0.246 e. The highest BCUT2D eigenvalue weighted by molar-refractivity contribution is 7.89. The molecule has 7 nitrogen and oxygen atoms in total. The van der Waals surface area contributed by atoms with Crippen LogP contribution in [0.5, 0.6) is 0 Å². The first kappa shape index (κ1) is 16.0. The summed E-state index contributed by atoms with van der Waals surface area (Å²) in [6.07, 6.45) is 0. The van der Waals surface area contributed by atoms with Crippen LogP contribution in [0.4, 0.5) is 5.69 Å². The summed E-state index contributed by atoms with van der Waals surface area (Å²) < 4.78 is 26.2. The second-order valence-corrected chi connectivity index (χ2v) is 7.21. The first-order valence-corrected chi connectivity index (χ1v) is 8.00. The minimum absolute atomic E-state index is 0.0102. The number of aromatic amines is 1. The van der Waals surface area contributed by atoms with E-state index < -0.39 is 10.0 Å². The number of hydrogen-bond acceptors (Lipinski definition) is 5. The molecule has 0 aliphatic heterocycles. The summed E-state index contributed by atoms with van der Waals surface area (Å²) in [5, 5.41) is 6.48. The van der Waals surface area contributed by atoms with E-state index in [4.69, 9.17) is 28.9 Å². The fourth-order valence-electron chi connectivity index (χ4n) is 1.73. The van der Waals surface area contributed by atoms with Crippen molar-refractivity contribution in [1.82, 2.24) is 19.5 Å². The maximum atomic E-state index is 12.5. The number of aromatic nitrogens is 3. The fraction of sp³-hybridized carbons (Fsp3) is 0.273. The van der Waals surface area contributed by atoms with Crippen molar-refractivity contribution in [1.29, 1.82) is 0 Å². The number of nitrogen functional groups attached to an aromatic ring is 1. The second-order valence-electron chi connectivity index (χ2n) is 4.41. The van der Waals surface area contributed by atoms with Crippen LogP contribution in [-0.2, 0) is 16.6 Å². The summed E-state index contributed by atoms with van der Waals surface area (Å²) in [7, 11) is -2.49. The lowest BCUT2D eigenvalue weighted by molar-refractivity contribution is 0.457. The first-order chi connectivity index (χ1) is 9.71. The van der Waals surface area contributed by atoms with Crippen molar-refractivity contribution in [3.8, 4) is 0 Å². The fourth-order valence-corrected chi connectivity index (χ4v) is 4.02. The number of rotatable bonds is 4. The summed E-state index contributed by atoms with van der Waals surface area (Å²) in [6.45, 7) is 1.71. The van der Waals surface area contributed by atoms with E-state index in [1.54, 1.807) is 6.92 Å². The molecule has 0 atom stereocenters. The zero-order valence-electron chi connectivity index (χ0n) is 11.3. The zero-order valence-corrected chi connectivity index (χ0v) is 13.6. The zero-order chi connectivity index (χ0) is 15.8. The van der Waals surface area contributed by atoms with Crippen molar-refractivity contribution in [3.05, 3.63) is 33.8 Å². The van der Waals surface area contributed by atoms with Crippen LogP contribution in [0.15, 0.2) is 17.0 Å². The molecule has 1 aromatic carbocycles. The van der Waals surface area contributed by atoms with E-state index in [1.807, 2.05) is 0 Å². The topological polar surface area (TPSA) is 105 Å². The average molecular weight is 350 g/mol. The Hall–Kier alpha value is -1.35. The van der Waals surface area contributed by atoms with Crippen molar-refractivity contribution in [2.24, 2.45) is 0 Å². The van der Waals surface area contributed by atoms with Crippen LogP contribution in [0.3, 0.4) is 0 Å². The Labute approximate surface area is 132 Å². The van der Waals surface area contributed by atoms with E-state index >= 15 is 0 Å². The Morgan fingerprint density at radius 3 is 2.38 bits per heavy atom. The molecule has 0 amide bonds. The number of aryl methyl sites for hydroxylation is 1. The van der Waals surface area contributed by atoms with E-state index in [2.05, 4.69) is 15.2 Å². The quantitative estimate of drug-likeness (QED) is 0.819. The van der Waals surface area contributed by atoms with Gasteiger partial charge in [-0.15, -0.1) is 0 Å². The minimum Gasteiger partial charge on any atom is -0.399 e. The molecule has 0 bridgehead atoms. The van der Waals surface area contributed by atoms with Crippen LogP contribution in [0.1, 0.15) is 11.6 Å². The van der Waals surface area contributed by atoms with Crippen molar-refractivity contribution in [2.75, 3.05) is 12.8 Å². The van der Waals surface area contributed by atoms with Gasteiger partial charge in [-0.25, -0.2) is 13.4 Å². The van der Waals surface area contributed by atoms with Gasteiger partial charge in [0, 0.05) is 12.7 Å². The van der Waals surface area contributed by atoms with E-state index in [-0.39, 0.29) is 27.2 Å². The first-order valence-electron chi connectivity index (χ1n) is 5.80. The third-order valence-electron chi connectivity index (χ3n) is 2.70. The lowest BCUT2D eigenvalue weighted by Crippen LogP contribution is -2.27. The Morgan fingerprint density at radius 1 is 1.33 bits per heavy atom. The number of nitrogens with two attached hydrogens (primary N) is 1. The Morgan fingerprint density at radius 2 is 1.90 bits per heavy atom. The van der Waals surface area contributed by atoms with Crippen LogP contribution in [0, 0.1) is 6.92 Å². The van der Waals surface area contributed by atoms with Gasteiger partial charge >= 0.3 is 0 Å². The second kappa shape index (κ2) is 5.80. The monoisotopic (exact) mass is 349 g/mol. The third-order valence-corrected chi connectivity index (χ3v) is 5.42. The van der Waals surface area contributed by atoms with Crippen molar-refractivity contribution >= 4 is 38.9 Å². The minimum atomic E-state index is -3.89. The molecule has 0 unspecified atom stereocenters. The third kappa shape index (κ3) is 3.29. The summed E-state index contributed by atoms with van der Waals surface area (Å²) in [4.78, 5) is 3.87. The van der Waals surface area contributed by atoms with Gasteiger partial charge in [0.15, 0.2) is 5.82 Å². The molecule has 1 heterocycles. The number of sulfonamides is 1. The molecule has 0 saturated heterocycles. The number of nitrogens with one attached hydrogen (secondary N) is 1. The molecule has 0 aliphatic carbocycles. The van der Waals surface area contributed by atoms with Gasteiger partial charge in [0.2, 0.25) is 10.0 Å². The SMILES string of the molecule is Cc1nc(CN(C)S(=O)(=O)c2c(Cl)cc(N)cc2Cl)n[nH]1. The van der Waals surface area contributed by atoms with Crippen molar-refractivity contribution in [3.63, 3.8) is 0 Å². The molecule has 21 heavy (non-hydrogen) atoms. The Balaban J connectivity index is 2.38. The van der Waals surface area contributed by atoms with Gasteiger partial charge in [-0.3, -0.25) is 5.10 Å². The maximum absolute atomic E-state index is 12.5. The average Bonchev–Trinajstić information content (AvgIpc) is 2.72. The van der Waals surface area contributed by atoms with Gasteiger partial charge in [-0.1, -0.05) is 23.2 Å². The highest BCUT2D eigenvalue weighted by Gasteiger charge is 2.27. The van der Waals surface area contributed by atoms with Crippen LogP contribution in [0.2, 0.25) is 10.0 Å². The normalized spacial score (nSPS) is 12.0. The molecule has 0 fully saturated rings. The van der Waals surface area contributed by atoms with Crippen LogP contribution >= 0.6 is 23.2 Å². The predicted molar refractivity (Wildman–Crippen MR) is 80.6 cm³/mol. The number of anilines is 1. The molecule has 0 aliphatic rings. The summed E-state index contributed by atoms with van der Waals surface area (Å²) in [6, 6.07) is 2.68. The van der Waals surface area contributed by atoms with Crippen LogP contribution in [-0.4, -0.2) is 35.0 Å². The molecule has 2 rings (SSSR count). The predicted octanol–water partition coefficient (Wildman–Crippen LogP) is 1.82. The Bertz CT molecular complexity index is 752. The van der Waals surface area contributed by atoms with E-state index in [1.165, 1.54) is 19.2 Å². The summed E-state index contributed by atoms with van der Waals surface area (Å²) in [5.41, 5.74) is 5.86. The standard InChI is InChI=1S/C11H13Cl2N5O2S/c1-6-15-10(17-16-6)5-18(2)21(19,20)11-8(12)3-7(14)4-9(11)13/h3-4H,5,14H2,1-2H3,(H,15,16,17). The molecule has 2 aromatic rings. The van der Waals surface area contributed by atoms with Crippen molar-refractivity contribution < 1.29 is 8.42 Å². The number of H-pyrrole nitrogens is 1. The van der Waals surface area contributed by atoms with E-state index in [0.29, 0.717) is 11.6 Å². The van der Waals surface area contributed by atoms with Gasteiger partial charge in [0.05, 0.1) is 16.6 Å². The molecule has 0 radical (unpaired) electrons. The van der Waals surface area contributed by atoms with Crippen molar-refractivity contribution in [2.45, 2.75) is 18.4 Å². The van der Waals surface area contributed by atoms with Gasteiger partial charge in [0.25, 0.3) is 0 Å². The lowest BCUT2D eigenvalue weighted by Gasteiger charge is -2.17. The molecular weight excluding hydrogens is 337 g/mol. The molecule has 0 saturated carbocycles. The van der Waals surface area contributed by atoms with Crippen LogP contribution in [0.25, 0.3) is 0 Å². The highest BCUT2D eigenvalue weighted by atomic mass is 35.5. The van der Waals surface area contributed by atoms with E-state index in [9.17, 15) is 8.42 Å². The number of hydrogen-bond donors (Lipinski definition) is 2. The van der Waals surface area contributed by atoms with Crippen LogP contribution < -0.4 is 5.73 Å². The largest absolute Gasteiger partial charge is 0.399 e. The Kier molecular flexibility index (Phi) is 4.43. The lowest BCUT2D eigenvalue weighted by atomic mass is 10.3. The van der Waals surface area contributed by atoms with E-state index in [0.717, 1.165) is 4.31 Å². The highest BCUT2D eigenvalue weighted by Crippen LogP contribution is 2.33. The van der Waals surface area contributed by atoms with Gasteiger partial charge in [-0.05, 0) is 19.1 Å². The molecule has 114 valence electrons. The molecule has 3 N–H and O–H groups in total. The molecule has 10 heteroatoms. The summed E-state index contributed by atoms with van der Waals surface area (Å²) in [5.74, 6) is 0.945. The summed E-state index contributed by atoms with van der Waals surface area (Å²) >= 11 is 11.9. The molecule has 1 aromatic heterocycles.